The molecule has 0 amide bonds. The van der Waals surface area contributed by atoms with Gasteiger partial charge in [0.25, 0.3) is 0 Å². The van der Waals surface area contributed by atoms with Crippen LogP contribution >= 0.6 is 0 Å². The van der Waals surface area contributed by atoms with Crippen LogP contribution in [0.1, 0.15) is 15.9 Å². The molecular formula is C19H15N3O3. The van der Waals surface area contributed by atoms with Gasteiger partial charge in [-0.2, -0.15) is 0 Å². The van der Waals surface area contributed by atoms with Crippen LogP contribution < -0.4 is 5.32 Å². The lowest BCUT2D eigenvalue weighted by Gasteiger charge is -2.13. The number of pyridine rings is 1. The van der Waals surface area contributed by atoms with E-state index in [-0.39, 0.29) is 11.5 Å². The average molecular weight is 333 g/mol. The third kappa shape index (κ3) is 3.53. The van der Waals surface area contributed by atoms with Gasteiger partial charge in [0.05, 0.1) is 4.92 Å². The maximum Gasteiger partial charge on any atom is 0.311 e. The number of hydrogen-bond donors (Lipinski definition) is 1. The van der Waals surface area contributed by atoms with E-state index < -0.39 is 4.92 Å². The summed E-state index contributed by atoms with van der Waals surface area (Å²) in [6, 6.07) is 15.8. The number of nitrogens with one attached hydrogen (secondary N) is 1. The first-order valence-electron chi connectivity index (χ1n) is 7.61. The summed E-state index contributed by atoms with van der Waals surface area (Å²) in [5.74, 6) is 0.171. The summed E-state index contributed by atoms with van der Waals surface area (Å²) in [6.45, 7) is 1.96. The van der Waals surface area contributed by atoms with Crippen molar-refractivity contribution in [3.05, 3.63) is 82.0 Å². The van der Waals surface area contributed by atoms with E-state index in [1.165, 1.54) is 18.3 Å². The second-order valence-corrected chi connectivity index (χ2v) is 5.55. The highest BCUT2D eigenvalue weighted by atomic mass is 16.6. The number of carbonyl (C=O) groups excluding carboxylic acids is 1. The van der Waals surface area contributed by atoms with E-state index in [0.717, 1.165) is 23.0 Å². The molecule has 124 valence electrons. The summed E-state index contributed by atoms with van der Waals surface area (Å²) in [7, 11) is 0. The van der Waals surface area contributed by atoms with Crippen LogP contribution in [0.15, 0.2) is 60.8 Å². The van der Waals surface area contributed by atoms with Crippen molar-refractivity contribution in [3.8, 4) is 11.1 Å². The zero-order chi connectivity index (χ0) is 17.8. The minimum atomic E-state index is -0.476. The van der Waals surface area contributed by atoms with E-state index in [4.69, 9.17) is 0 Å². The highest BCUT2D eigenvalue weighted by Crippen LogP contribution is 2.33. The van der Waals surface area contributed by atoms with Gasteiger partial charge >= 0.3 is 5.69 Å². The maximum absolute atomic E-state index is 11.2. The van der Waals surface area contributed by atoms with E-state index in [1.807, 2.05) is 31.2 Å². The normalized spacial score (nSPS) is 10.3. The van der Waals surface area contributed by atoms with Crippen LogP contribution in [0.3, 0.4) is 0 Å². The molecule has 0 saturated heterocycles. The van der Waals surface area contributed by atoms with Crippen molar-refractivity contribution in [1.82, 2.24) is 4.98 Å². The number of anilines is 2. The van der Waals surface area contributed by atoms with Gasteiger partial charge in [0.1, 0.15) is 6.29 Å². The molecule has 3 aromatic rings. The molecule has 0 saturated carbocycles. The van der Waals surface area contributed by atoms with E-state index >= 15 is 0 Å². The molecule has 0 spiro atoms. The number of aldehydes is 1. The Morgan fingerprint density at radius 3 is 2.72 bits per heavy atom. The van der Waals surface area contributed by atoms with Crippen LogP contribution in [0.5, 0.6) is 0 Å². The Labute approximate surface area is 144 Å². The van der Waals surface area contributed by atoms with Gasteiger partial charge in [0, 0.05) is 29.1 Å². The topological polar surface area (TPSA) is 85.1 Å². The summed E-state index contributed by atoms with van der Waals surface area (Å²) >= 11 is 0. The van der Waals surface area contributed by atoms with Gasteiger partial charge < -0.3 is 5.32 Å². The molecule has 0 aliphatic carbocycles. The fraction of sp³-hybridized carbons (Fsp3) is 0.0526. The van der Waals surface area contributed by atoms with Crippen molar-refractivity contribution in [2.75, 3.05) is 5.32 Å². The molecule has 0 aliphatic heterocycles. The molecule has 1 heterocycles. The lowest BCUT2D eigenvalue weighted by molar-refractivity contribution is -0.384. The first-order chi connectivity index (χ1) is 12.1. The molecule has 0 fully saturated rings. The van der Waals surface area contributed by atoms with Crippen molar-refractivity contribution in [2.45, 2.75) is 6.92 Å². The summed E-state index contributed by atoms with van der Waals surface area (Å²) in [5, 5.41) is 14.2. The Morgan fingerprint density at radius 2 is 1.96 bits per heavy atom. The molecule has 0 bridgehead atoms. The quantitative estimate of drug-likeness (QED) is 0.421. The van der Waals surface area contributed by atoms with Crippen molar-refractivity contribution in [1.29, 1.82) is 0 Å². The predicted molar refractivity (Wildman–Crippen MR) is 96.2 cm³/mol. The van der Waals surface area contributed by atoms with Crippen molar-refractivity contribution in [2.24, 2.45) is 0 Å². The smallest absolute Gasteiger partial charge is 0.311 e. The maximum atomic E-state index is 11.2. The molecule has 25 heavy (non-hydrogen) atoms. The van der Waals surface area contributed by atoms with Crippen LogP contribution in [0, 0.1) is 17.0 Å². The lowest BCUT2D eigenvalue weighted by atomic mass is 9.99. The number of hydrogen-bond acceptors (Lipinski definition) is 5. The van der Waals surface area contributed by atoms with Gasteiger partial charge in [-0.15, -0.1) is 0 Å². The van der Waals surface area contributed by atoms with Crippen LogP contribution in [0.2, 0.25) is 0 Å². The highest BCUT2D eigenvalue weighted by molar-refractivity contribution is 5.85. The van der Waals surface area contributed by atoms with Gasteiger partial charge in [-0.3, -0.25) is 14.9 Å². The molecule has 1 N–H and O–H groups in total. The standard InChI is InChI=1S/C19H15N3O3/c1-13-7-8-17(21-19-18(22(24)25)6-3-9-20-19)16(10-13)15-5-2-4-14(11-15)12-23/h2-12H,1H3,(H,20,21). The van der Waals surface area contributed by atoms with Crippen molar-refractivity contribution in [3.63, 3.8) is 0 Å². The highest BCUT2D eigenvalue weighted by Gasteiger charge is 2.16. The summed E-state index contributed by atoms with van der Waals surface area (Å²) in [6.07, 6.45) is 2.28. The van der Waals surface area contributed by atoms with Gasteiger partial charge in [0.15, 0.2) is 0 Å². The van der Waals surface area contributed by atoms with Crippen LogP contribution in [0.25, 0.3) is 11.1 Å². The minimum absolute atomic E-state index is 0.101. The number of nitrogens with zero attached hydrogens (tertiary/aromatic N) is 2. The Morgan fingerprint density at radius 1 is 1.12 bits per heavy atom. The molecule has 0 aliphatic rings. The molecule has 1 aromatic heterocycles. The summed E-state index contributed by atoms with van der Waals surface area (Å²) < 4.78 is 0. The molecule has 0 radical (unpaired) electrons. The second kappa shape index (κ2) is 6.92. The molecule has 6 nitrogen and oxygen atoms in total. The zero-order valence-corrected chi connectivity index (χ0v) is 13.5. The van der Waals surface area contributed by atoms with E-state index in [9.17, 15) is 14.9 Å². The van der Waals surface area contributed by atoms with Gasteiger partial charge in [-0.05, 0) is 36.8 Å². The third-order valence-corrected chi connectivity index (χ3v) is 3.74. The number of aromatic nitrogens is 1. The number of benzene rings is 2. The van der Waals surface area contributed by atoms with Gasteiger partial charge in [-0.1, -0.05) is 29.8 Å². The Bertz CT molecular complexity index is 954. The van der Waals surface area contributed by atoms with Crippen LogP contribution in [-0.4, -0.2) is 16.2 Å². The first kappa shape index (κ1) is 16.3. The van der Waals surface area contributed by atoms with Crippen molar-refractivity contribution < 1.29 is 9.72 Å². The predicted octanol–water partition coefficient (Wildman–Crippen LogP) is 4.52. The largest absolute Gasteiger partial charge is 0.334 e. The Kier molecular flexibility index (Phi) is 4.52. The Hall–Kier alpha value is -3.54. The number of rotatable bonds is 5. The minimum Gasteiger partial charge on any atom is -0.334 e. The SMILES string of the molecule is Cc1ccc(Nc2ncccc2[N+](=O)[O-])c(-c2cccc(C=O)c2)c1. The molecule has 0 atom stereocenters. The number of nitro groups is 1. The van der Waals surface area contributed by atoms with Crippen LogP contribution in [-0.2, 0) is 0 Å². The Balaban J connectivity index is 2.09. The molecule has 0 unspecified atom stereocenters. The molecule has 3 rings (SSSR count). The van der Waals surface area contributed by atoms with E-state index in [2.05, 4.69) is 10.3 Å². The first-order valence-corrected chi connectivity index (χ1v) is 7.61. The monoisotopic (exact) mass is 333 g/mol. The van der Waals surface area contributed by atoms with Crippen molar-refractivity contribution >= 4 is 23.5 Å². The summed E-state index contributed by atoms with van der Waals surface area (Å²) in [4.78, 5) is 25.8. The fourth-order valence-corrected chi connectivity index (χ4v) is 2.55. The second-order valence-electron chi connectivity index (χ2n) is 5.55. The number of aryl methyl sites for hydroxylation is 1. The van der Waals surface area contributed by atoms with Gasteiger partial charge in [0.2, 0.25) is 5.82 Å². The zero-order valence-electron chi connectivity index (χ0n) is 13.5. The van der Waals surface area contributed by atoms with Gasteiger partial charge in [-0.25, -0.2) is 4.98 Å². The fourth-order valence-electron chi connectivity index (χ4n) is 2.55. The third-order valence-electron chi connectivity index (χ3n) is 3.74. The summed E-state index contributed by atoms with van der Waals surface area (Å²) in [5.41, 5.74) is 3.85. The number of carbonyl (C=O) groups is 1. The average Bonchev–Trinajstić information content (AvgIpc) is 2.63. The lowest BCUT2D eigenvalue weighted by Crippen LogP contribution is -2.00. The van der Waals surface area contributed by atoms with Crippen LogP contribution in [0.4, 0.5) is 17.2 Å². The molecule has 6 heteroatoms. The van der Waals surface area contributed by atoms with E-state index in [0.29, 0.717) is 11.3 Å². The van der Waals surface area contributed by atoms with E-state index in [1.54, 1.807) is 18.2 Å². The molecular weight excluding hydrogens is 318 g/mol. The molecule has 2 aromatic carbocycles.